The van der Waals surface area contributed by atoms with E-state index in [2.05, 4.69) is 5.10 Å². The zero-order chi connectivity index (χ0) is 21.6. The highest BCUT2D eigenvalue weighted by atomic mass is 32.2. The van der Waals surface area contributed by atoms with E-state index < -0.39 is 0 Å². The molecule has 0 saturated carbocycles. The highest BCUT2D eigenvalue weighted by Crippen LogP contribution is 2.35. The fourth-order valence-electron chi connectivity index (χ4n) is 3.20. The van der Waals surface area contributed by atoms with Gasteiger partial charge in [0.1, 0.15) is 0 Å². The Morgan fingerprint density at radius 3 is 2.61 bits per heavy atom. The van der Waals surface area contributed by atoms with Crippen LogP contribution in [0, 0.1) is 6.92 Å². The molecule has 1 unspecified atom stereocenters. The Morgan fingerprint density at radius 1 is 1.13 bits per heavy atom. The van der Waals surface area contributed by atoms with E-state index in [0.717, 1.165) is 20.4 Å². The number of carbonyl (C=O) groups excluding carboxylic acids is 2. The van der Waals surface area contributed by atoms with Crippen molar-refractivity contribution in [1.29, 1.82) is 0 Å². The van der Waals surface area contributed by atoms with Crippen molar-refractivity contribution in [3.05, 3.63) is 74.6 Å². The molecule has 1 atom stereocenters. The molecule has 0 saturated heterocycles. The third kappa shape index (κ3) is 5.64. The van der Waals surface area contributed by atoms with Crippen LogP contribution in [0.25, 0.3) is 0 Å². The number of amides is 1. The lowest BCUT2D eigenvalue weighted by molar-refractivity contribution is -0.152. The van der Waals surface area contributed by atoms with E-state index in [4.69, 9.17) is 4.74 Å². The molecule has 31 heavy (non-hydrogen) atoms. The summed E-state index contributed by atoms with van der Waals surface area (Å²) in [5.74, 6) is -0.0648. The highest BCUT2D eigenvalue weighted by Gasteiger charge is 2.34. The molecule has 3 aromatic rings. The zero-order valence-corrected chi connectivity index (χ0v) is 19.5. The van der Waals surface area contributed by atoms with Crippen LogP contribution in [0.1, 0.15) is 34.2 Å². The topological polar surface area (TPSA) is 59.0 Å². The van der Waals surface area contributed by atoms with Crippen molar-refractivity contribution < 1.29 is 14.3 Å². The molecular formula is C23H22N2O3S3. The summed E-state index contributed by atoms with van der Waals surface area (Å²) in [5, 5.41) is 10.0. The molecule has 8 heteroatoms. The van der Waals surface area contributed by atoms with Crippen molar-refractivity contribution in [1.82, 2.24) is 5.01 Å². The number of aryl methyl sites for hydroxylation is 1. The molecule has 0 aliphatic carbocycles. The lowest BCUT2D eigenvalue weighted by Gasteiger charge is -2.20. The van der Waals surface area contributed by atoms with Gasteiger partial charge >= 0.3 is 5.97 Å². The van der Waals surface area contributed by atoms with Crippen LogP contribution in [0.5, 0.6) is 0 Å². The van der Waals surface area contributed by atoms with Crippen molar-refractivity contribution >= 4 is 52.0 Å². The molecule has 1 aliphatic rings. The first-order valence-corrected chi connectivity index (χ1v) is 12.7. The van der Waals surface area contributed by atoms with E-state index in [-0.39, 0.29) is 30.9 Å². The van der Waals surface area contributed by atoms with Gasteiger partial charge < -0.3 is 4.74 Å². The Morgan fingerprint density at radius 2 is 1.90 bits per heavy atom. The molecule has 160 valence electrons. The molecule has 3 heterocycles. The summed E-state index contributed by atoms with van der Waals surface area (Å²) >= 11 is 4.81. The molecule has 0 fully saturated rings. The number of thiophene rings is 2. The molecule has 1 aliphatic heterocycles. The predicted octanol–water partition coefficient (Wildman–Crippen LogP) is 5.52. The molecule has 1 aromatic carbocycles. The Balaban J connectivity index is 1.31. The van der Waals surface area contributed by atoms with Crippen molar-refractivity contribution in [2.75, 3.05) is 12.4 Å². The number of hydrogen-bond donors (Lipinski definition) is 0. The fraction of sp³-hybridized carbons (Fsp3) is 0.261. The second-order valence-corrected chi connectivity index (χ2v) is 10.2. The average molecular weight is 471 g/mol. The van der Waals surface area contributed by atoms with Gasteiger partial charge in [0.25, 0.3) is 5.91 Å². The Hall–Kier alpha value is -2.42. The quantitative estimate of drug-likeness (QED) is 0.321. The number of nitrogens with zero attached hydrogens (tertiary/aromatic N) is 2. The maximum Gasteiger partial charge on any atom is 0.307 e. The monoisotopic (exact) mass is 470 g/mol. The summed E-state index contributed by atoms with van der Waals surface area (Å²) in [6.07, 6.45) is 0.914. The largest absolute Gasteiger partial charge is 0.455 e. The van der Waals surface area contributed by atoms with Gasteiger partial charge in [-0.2, -0.15) is 5.10 Å². The van der Waals surface area contributed by atoms with Crippen molar-refractivity contribution in [3.8, 4) is 0 Å². The number of ether oxygens (including phenoxy) is 1. The summed E-state index contributed by atoms with van der Waals surface area (Å²) in [6.45, 7) is 1.75. The summed E-state index contributed by atoms with van der Waals surface area (Å²) in [6, 6.07) is 16.0. The standard InChI is InChI=1S/C23H22N2O3S3/c1-16-6-8-17(9-7-16)29-13-10-23(27)28-15-22(26)25-19(21-5-3-12-31-21)14-18(24-25)20-4-2-11-30-20/h2-9,11-12,19H,10,13-15H2,1H3. The normalized spacial score (nSPS) is 15.7. The first kappa shape index (κ1) is 21.8. The summed E-state index contributed by atoms with van der Waals surface area (Å²) in [4.78, 5) is 28.2. The highest BCUT2D eigenvalue weighted by molar-refractivity contribution is 7.99. The maximum absolute atomic E-state index is 12.8. The van der Waals surface area contributed by atoms with Gasteiger partial charge in [-0.25, -0.2) is 5.01 Å². The molecule has 0 bridgehead atoms. The number of hydrazone groups is 1. The first-order valence-electron chi connectivity index (χ1n) is 9.92. The van der Waals surface area contributed by atoms with Gasteiger partial charge in [-0.3, -0.25) is 9.59 Å². The van der Waals surface area contributed by atoms with Crippen LogP contribution in [-0.2, 0) is 14.3 Å². The second kappa shape index (κ2) is 10.3. The van der Waals surface area contributed by atoms with Gasteiger partial charge in [0.2, 0.25) is 0 Å². The van der Waals surface area contributed by atoms with E-state index in [1.807, 2.05) is 66.2 Å². The number of thioether (sulfide) groups is 1. The Bertz CT molecular complexity index is 1040. The maximum atomic E-state index is 12.8. The summed E-state index contributed by atoms with van der Waals surface area (Å²) in [5.41, 5.74) is 2.09. The number of carbonyl (C=O) groups is 2. The average Bonchev–Trinajstić information content (AvgIpc) is 3.54. The van der Waals surface area contributed by atoms with Crippen LogP contribution in [0.3, 0.4) is 0 Å². The smallest absolute Gasteiger partial charge is 0.307 e. The van der Waals surface area contributed by atoms with Gasteiger partial charge in [0.05, 0.1) is 23.1 Å². The molecule has 0 N–H and O–H groups in total. The van der Waals surface area contributed by atoms with Gasteiger partial charge in [0, 0.05) is 21.9 Å². The number of benzene rings is 1. The molecular weight excluding hydrogens is 448 g/mol. The third-order valence-corrected chi connectivity index (χ3v) is 7.70. The van der Waals surface area contributed by atoms with Crippen LogP contribution < -0.4 is 0 Å². The Kier molecular flexibility index (Phi) is 7.21. The minimum Gasteiger partial charge on any atom is -0.455 e. The van der Waals surface area contributed by atoms with Gasteiger partial charge in [0.15, 0.2) is 6.61 Å². The molecule has 5 nitrogen and oxygen atoms in total. The molecule has 0 spiro atoms. The van der Waals surface area contributed by atoms with Crippen LogP contribution in [-0.4, -0.2) is 35.0 Å². The van der Waals surface area contributed by atoms with Crippen LogP contribution in [0.15, 0.2) is 69.3 Å². The van der Waals surface area contributed by atoms with E-state index in [0.29, 0.717) is 12.2 Å². The zero-order valence-electron chi connectivity index (χ0n) is 17.0. The lowest BCUT2D eigenvalue weighted by Crippen LogP contribution is -2.31. The Labute approximate surface area is 193 Å². The van der Waals surface area contributed by atoms with E-state index >= 15 is 0 Å². The summed E-state index contributed by atoms with van der Waals surface area (Å²) < 4.78 is 5.26. The first-order chi connectivity index (χ1) is 15.1. The molecule has 4 rings (SSSR count). The van der Waals surface area contributed by atoms with E-state index in [1.165, 1.54) is 10.6 Å². The van der Waals surface area contributed by atoms with Crippen LogP contribution in [0.2, 0.25) is 0 Å². The van der Waals surface area contributed by atoms with Crippen molar-refractivity contribution in [3.63, 3.8) is 0 Å². The van der Waals surface area contributed by atoms with E-state index in [9.17, 15) is 9.59 Å². The third-order valence-electron chi connectivity index (χ3n) is 4.80. The van der Waals surface area contributed by atoms with Crippen LogP contribution >= 0.6 is 34.4 Å². The number of rotatable bonds is 8. The summed E-state index contributed by atoms with van der Waals surface area (Å²) in [7, 11) is 0. The number of esters is 1. The minimum atomic E-state index is -0.373. The fourth-order valence-corrected chi connectivity index (χ4v) is 5.57. The minimum absolute atomic E-state index is 0.152. The molecule has 2 aromatic heterocycles. The second-order valence-electron chi connectivity index (χ2n) is 7.07. The van der Waals surface area contributed by atoms with Crippen molar-refractivity contribution in [2.45, 2.75) is 30.7 Å². The van der Waals surface area contributed by atoms with Crippen LogP contribution in [0.4, 0.5) is 0 Å². The molecule has 1 amide bonds. The molecule has 0 radical (unpaired) electrons. The van der Waals surface area contributed by atoms with E-state index in [1.54, 1.807) is 34.4 Å². The van der Waals surface area contributed by atoms with Gasteiger partial charge in [-0.15, -0.1) is 34.4 Å². The van der Waals surface area contributed by atoms with Gasteiger partial charge in [-0.05, 0) is 41.9 Å². The van der Waals surface area contributed by atoms with Crippen molar-refractivity contribution in [2.24, 2.45) is 5.10 Å². The number of hydrogen-bond acceptors (Lipinski definition) is 7. The lowest BCUT2D eigenvalue weighted by atomic mass is 10.1. The van der Waals surface area contributed by atoms with Gasteiger partial charge in [-0.1, -0.05) is 29.8 Å². The predicted molar refractivity (Wildman–Crippen MR) is 127 cm³/mol. The SMILES string of the molecule is Cc1ccc(SCCC(=O)OCC(=O)N2N=C(c3cccs3)CC2c2cccs2)cc1.